The minimum atomic E-state index is -1.30. The van der Waals surface area contributed by atoms with Crippen LogP contribution < -0.4 is 10.8 Å². The highest BCUT2D eigenvalue weighted by Gasteiger charge is 2.29. The maximum atomic E-state index is 14.0. The number of aliphatic carboxylic acids is 1. The summed E-state index contributed by atoms with van der Waals surface area (Å²) in [6, 6.07) is 19.0. The standard InChI is InChI=1S/C25H21FN2O6/c1-14(24(30)31)34-28-23(29)15-10-16(26)12-17(11-15)27-25(32)33-13-22-20-8-4-2-6-18(20)19-7-3-5-9-21(19)22/h2-12,14,22H,13H2,1H3,(H,27,32)(H,28,29)(H,30,31). The van der Waals surface area contributed by atoms with Gasteiger partial charge < -0.3 is 9.84 Å². The van der Waals surface area contributed by atoms with E-state index in [1.807, 2.05) is 54.0 Å². The minimum absolute atomic E-state index is 0.00587. The number of fused-ring (bicyclic) bond motifs is 3. The van der Waals surface area contributed by atoms with E-state index in [0.717, 1.165) is 34.4 Å². The highest BCUT2D eigenvalue weighted by Crippen LogP contribution is 2.44. The maximum absolute atomic E-state index is 14.0. The molecule has 3 aromatic carbocycles. The van der Waals surface area contributed by atoms with E-state index in [2.05, 4.69) is 5.32 Å². The molecule has 34 heavy (non-hydrogen) atoms. The van der Waals surface area contributed by atoms with Crippen molar-refractivity contribution >= 4 is 23.7 Å². The molecule has 1 atom stereocenters. The lowest BCUT2D eigenvalue weighted by atomic mass is 9.98. The number of amides is 2. The fraction of sp³-hybridized carbons (Fsp3) is 0.160. The Morgan fingerprint density at radius 3 is 2.24 bits per heavy atom. The van der Waals surface area contributed by atoms with E-state index in [4.69, 9.17) is 14.7 Å². The summed E-state index contributed by atoms with van der Waals surface area (Å²) in [6.07, 6.45) is -2.11. The van der Waals surface area contributed by atoms with Crippen molar-refractivity contribution in [1.29, 1.82) is 0 Å². The number of carbonyl (C=O) groups is 3. The van der Waals surface area contributed by atoms with Crippen LogP contribution in [0.1, 0.15) is 34.3 Å². The molecule has 3 aromatic rings. The average Bonchev–Trinajstić information content (AvgIpc) is 3.14. The Morgan fingerprint density at radius 2 is 1.62 bits per heavy atom. The minimum Gasteiger partial charge on any atom is -0.479 e. The summed E-state index contributed by atoms with van der Waals surface area (Å²) in [5, 5.41) is 11.2. The van der Waals surface area contributed by atoms with Gasteiger partial charge in [0.1, 0.15) is 12.4 Å². The van der Waals surface area contributed by atoms with Crippen LogP contribution in [-0.4, -0.2) is 35.8 Å². The van der Waals surface area contributed by atoms with Crippen molar-refractivity contribution in [1.82, 2.24) is 5.48 Å². The third kappa shape index (κ3) is 4.89. The fourth-order valence-electron chi connectivity index (χ4n) is 3.80. The van der Waals surface area contributed by atoms with Crippen molar-refractivity contribution in [3.05, 3.63) is 89.2 Å². The number of hydrogen-bond acceptors (Lipinski definition) is 5. The molecule has 0 aliphatic heterocycles. The van der Waals surface area contributed by atoms with E-state index in [9.17, 15) is 18.8 Å². The van der Waals surface area contributed by atoms with E-state index in [-0.39, 0.29) is 23.8 Å². The van der Waals surface area contributed by atoms with Crippen molar-refractivity contribution in [3.8, 4) is 11.1 Å². The molecule has 8 nitrogen and oxygen atoms in total. The van der Waals surface area contributed by atoms with Gasteiger partial charge in [-0.25, -0.2) is 19.5 Å². The molecule has 0 saturated heterocycles. The first-order valence-corrected chi connectivity index (χ1v) is 10.4. The summed E-state index contributed by atoms with van der Waals surface area (Å²) in [7, 11) is 0. The molecular formula is C25H21FN2O6. The zero-order valence-corrected chi connectivity index (χ0v) is 18.1. The first-order chi connectivity index (χ1) is 16.3. The summed E-state index contributed by atoms with van der Waals surface area (Å²) in [4.78, 5) is 40.1. The Kier molecular flexibility index (Phi) is 6.55. The third-order valence-electron chi connectivity index (χ3n) is 5.43. The van der Waals surface area contributed by atoms with Crippen LogP contribution in [0.3, 0.4) is 0 Å². The number of nitrogens with one attached hydrogen (secondary N) is 2. The normalized spacial score (nSPS) is 12.9. The number of carbonyl (C=O) groups excluding carboxylic acids is 2. The molecule has 2 amide bonds. The van der Waals surface area contributed by atoms with Gasteiger partial charge in [0.05, 0.1) is 0 Å². The van der Waals surface area contributed by atoms with E-state index >= 15 is 0 Å². The molecule has 0 heterocycles. The molecule has 1 aliphatic rings. The molecule has 0 aromatic heterocycles. The lowest BCUT2D eigenvalue weighted by Gasteiger charge is -2.15. The Morgan fingerprint density at radius 1 is 1.00 bits per heavy atom. The van der Waals surface area contributed by atoms with Crippen molar-refractivity contribution < 1.29 is 33.5 Å². The molecule has 4 rings (SSSR count). The van der Waals surface area contributed by atoms with Gasteiger partial charge in [0.25, 0.3) is 5.91 Å². The Balaban J connectivity index is 1.41. The summed E-state index contributed by atoms with van der Waals surface area (Å²) >= 11 is 0. The highest BCUT2D eigenvalue weighted by atomic mass is 19.1. The molecule has 1 aliphatic carbocycles. The van der Waals surface area contributed by atoms with Crippen LogP contribution in [0.15, 0.2) is 66.7 Å². The van der Waals surface area contributed by atoms with Crippen LogP contribution in [0.5, 0.6) is 0 Å². The van der Waals surface area contributed by atoms with Gasteiger partial charge in [0.15, 0.2) is 6.10 Å². The Labute approximate surface area is 194 Å². The maximum Gasteiger partial charge on any atom is 0.411 e. The lowest BCUT2D eigenvalue weighted by Crippen LogP contribution is -2.32. The van der Waals surface area contributed by atoms with Gasteiger partial charge in [-0.05, 0) is 47.4 Å². The van der Waals surface area contributed by atoms with Gasteiger partial charge in [-0.1, -0.05) is 48.5 Å². The quantitative estimate of drug-likeness (QED) is 0.449. The van der Waals surface area contributed by atoms with Gasteiger partial charge >= 0.3 is 12.1 Å². The SMILES string of the molecule is CC(ONC(=O)c1cc(F)cc(NC(=O)OCC2c3ccccc3-c3ccccc32)c1)C(=O)O. The van der Waals surface area contributed by atoms with Crippen molar-refractivity contribution in [2.24, 2.45) is 0 Å². The zero-order chi connectivity index (χ0) is 24.2. The summed E-state index contributed by atoms with van der Waals surface area (Å²) < 4.78 is 19.4. The van der Waals surface area contributed by atoms with Crippen LogP contribution in [-0.2, 0) is 14.4 Å². The van der Waals surface area contributed by atoms with E-state index in [1.54, 1.807) is 0 Å². The van der Waals surface area contributed by atoms with E-state index in [0.29, 0.717) is 0 Å². The van der Waals surface area contributed by atoms with Crippen LogP contribution in [0, 0.1) is 5.82 Å². The summed E-state index contributed by atoms with van der Waals surface area (Å²) in [6.45, 7) is 1.29. The Bertz CT molecular complexity index is 1220. The molecule has 0 fully saturated rings. The van der Waals surface area contributed by atoms with Crippen LogP contribution in [0.4, 0.5) is 14.9 Å². The fourth-order valence-corrected chi connectivity index (χ4v) is 3.80. The summed E-state index contributed by atoms with van der Waals surface area (Å²) in [5.41, 5.74) is 6.04. The van der Waals surface area contributed by atoms with Gasteiger partial charge in [-0.2, -0.15) is 0 Å². The number of rotatable bonds is 7. The van der Waals surface area contributed by atoms with Gasteiger partial charge in [0.2, 0.25) is 0 Å². The predicted octanol–water partition coefficient (Wildman–Crippen LogP) is 4.32. The highest BCUT2D eigenvalue weighted by molar-refractivity contribution is 5.95. The van der Waals surface area contributed by atoms with Crippen molar-refractivity contribution in [2.75, 3.05) is 11.9 Å². The molecular weight excluding hydrogens is 443 g/mol. The number of ether oxygens (including phenoxy) is 1. The Hall–Kier alpha value is -4.24. The number of hydroxylamine groups is 1. The third-order valence-corrected chi connectivity index (χ3v) is 5.43. The molecule has 0 saturated carbocycles. The average molecular weight is 464 g/mol. The number of carboxylic acid groups (broad SMARTS) is 1. The van der Waals surface area contributed by atoms with Gasteiger partial charge in [-0.15, -0.1) is 0 Å². The smallest absolute Gasteiger partial charge is 0.411 e. The second-order valence-corrected chi connectivity index (χ2v) is 7.71. The zero-order valence-electron chi connectivity index (χ0n) is 18.1. The number of anilines is 1. The molecule has 0 bridgehead atoms. The monoisotopic (exact) mass is 464 g/mol. The second kappa shape index (κ2) is 9.72. The first kappa shape index (κ1) is 22.9. The molecule has 1 unspecified atom stereocenters. The topological polar surface area (TPSA) is 114 Å². The predicted molar refractivity (Wildman–Crippen MR) is 121 cm³/mol. The molecule has 0 spiro atoms. The molecule has 174 valence electrons. The van der Waals surface area contributed by atoms with Crippen LogP contribution in [0.2, 0.25) is 0 Å². The molecule has 3 N–H and O–H groups in total. The number of hydrogen-bond donors (Lipinski definition) is 3. The van der Waals surface area contributed by atoms with Gasteiger partial charge in [0, 0.05) is 17.2 Å². The summed E-state index contributed by atoms with van der Waals surface area (Å²) in [5.74, 6) is -3.08. The molecule has 0 radical (unpaired) electrons. The van der Waals surface area contributed by atoms with Crippen molar-refractivity contribution in [2.45, 2.75) is 18.9 Å². The first-order valence-electron chi connectivity index (χ1n) is 10.4. The van der Waals surface area contributed by atoms with Crippen molar-refractivity contribution in [3.63, 3.8) is 0 Å². The number of halogens is 1. The second-order valence-electron chi connectivity index (χ2n) is 7.71. The van der Waals surface area contributed by atoms with Crippen LogP contribution in [0.25, 0.3) is 11.1 Å². The largest absolute Gasteiger partial charge is 0.479 e. The molecule has 9 heteroatoms. The van der Waals surface area contributed by atoms with Crippen LogP contribution >= 0.6 is 0 Å². The van der Waals surface area contributed by atoms with E-state index in [1.165, 1.54) is 13.0 Å². The number of carboxylic acids is 1. The van der Waals surface area contributed by atoms with Gasteiger partial charge in [-0.3, -0.25) is 14.9 Å². The lowest BCUT2D eigenvalue weighted by molar-refractivity contribution is -0.152. The van der Waals surface area contributed by atoms with E-state index < -0.39 is 29.9 Å². The number of benzene rings is 3.